The first kappa shape index (κ1) is 15.5. The molecule has 0 aliphatic rings. The van der Waals surface area contributed by atoms with E-state index in [1.165, 1.54) is 10.5 Å². The summed E-state index contributed by atoms with van der Waals surface area (Å²) in [5.41, 5.74) is 1.29. The summed E-state index contributed by atoms with van der Waals surface area (Å²) < 4.78 is 5.41. The molecule has 1 rings (SSSR count). The van der Waals surface area contributed by atoms with Crippen molar-refractivity contribution in [1.29, 1.82) is 0 Å². The van der Waals surface area contributed by atoms with Crippen molar-refractivity contribution in [1.82, 2.24) is 5.32 Å². The van der Waals surface area contributed by atoms with Crippen molar-refractivity contribution in [3.8, 4) is 0 Å². The Labute approximate surface area is 116 Å². The molecule has 102 valence electrons. The topological polar surface area (TPSA) is 21.3 Å². The second kappa shape index (κ2) is 7.17. The van der Waals surface area contributed by atoms with Crippen LogP contribution >= 0.6 is 11.8 Å². The Morgan fingerprint density at radius 3 is 2.39 bits per heavy atom. The number of ether oxygens (including phenoxy) is 1. The normalized spacial score (nSPS) is 13.6. The molecule has 1 atom stereocenters. The van der Waals surface area contributed by atoms with Gasteiger partial charge in [0.15, 0.2) is 0 Å². The van der Waals surface area contributed by atoms with Gasteiger partial charge in [0.2, 0.25) is 0 Å². The van der Waals surface area contributed by atoms with Gasteiger partial charge in [-0.3, -0.25) is 0 Å². The number of rotatable bonds is 7. The first-order chi connectivity index (χ1) is 8.48. The Bertz CT molecular complexity index is 348. The smallest absolute Gasteiger partial charge is 0.0634 e. The monoisotopic (exact) mass is 267 g/mol. The van der Waals surface area contributed by atoms with E-state index in [0.29, 0.717) is 6.04 Å². The van der Waals surface area contributed by atoms with Crippen LogP contribution in [0.25, 0.3) is 0 Å². The van der Waals surface area contributed by atoms with Gasteiger partial charge in [-0.15, -0.1) is 11.8 Å². The number of benzene rings is 1. The molecule has 0 amide bonds. The summed E-state index contributed by atoms with van der Waals surface area (Å²) >= 11 is 1.78. The summed E-state index contributed by atoms with van der Waals surface area (Å²) in [6, 6.07) is 9.14. The van der Waals surface area contributed by atoms with Gasteiger partial charge in [-0.05, 0) is 57.7 Å². The Morgan fingerprint density at radius 2 is 1.89 bits per heavy atom. The van der Waals surface area contributed by atoms with Crippen LogP contribution in [-0.4, -0.2) is 25.5 Å². The molecule has 0 aliphatic heterocycles. The van der Waals surface area contributed by atoms with Gasteiger partial charge < -0.3 is 10.1 Å². The third kappa shape index (κ3) is 5.01. The second-order valence-corrected chi connectivity index (χ2v) is 6.04. The van der Waals surface area contributed by atoms with E-state index in [0.717, 1.165) is 13.0 Å². The van der Waals surface area contributed by atoms with Gasteiger partial charge >= 0.3 is 0 Å². The zero-order valence-corrected chi connectivity index (χ0v) is 12.9. The highest BCUT2D eigenvalue weighted by Gasteiger charge is 2.16. The van der Waals surface area contributed by atoms with Crippen molar-refractivity contribution in [2.45, 2.75) is 43.7 Å². The predicted molar refractivity (Wildman–Crippen MR) is 80.3 cm³/mol. The van der Waals surface area contributed by atoms with Crippen molar-refractivity contribution in [2.75, 3.05) is 19.9 Å². The molecule has 0 radical (unpaired) electrons. The van der Waals surface area contributed by atoms with Gasteiger partial charge in [-0.1, -0.05) is 12.1 Å². The van der Waals surface area contributed by atoms with Crippen molar-refractivity contribution >= 4 is 11.8 Å². The Morgan fingerprint density at radius 1 is 1.28 bits per heavy atom. The van der Waals surface area contributed by atoms with E-state index in [4.69, 9.17) is 4.74 Å². The molecule has 0 heterocycles. The minimum Gasteiger partial charge on any atom is -0.379 e. The fourth-order valence-corrected chi connectivity index (χ4v) is 2.11. The van der Waals surface area contributed by atoms with Crippen LogP contribution in [0, 0.1) is 0 Å². The minimum absolute atomic E-state index is 0.0462. The lowest BCUT2D eigenvalue weighted by molar-refractivity contribution is 0.0154. The van der Waals surface area contributed by atoms with E-state index in [9.17, 15) is 0 Å². The maximum absolute atomic E-state index is 5.41. The fraction of sp³-hybridized carbons (Fsp3) is 0.600. The van der Waals surface area contributed by atoms with Crippen molar-refractivity contribution < 1.29 is 4.74 Å². The Kier molecular flexibility index (Phi) is 6.19. The molecular formula is C15H25NOS. The van der Waals surface area contributed by atoms with Gasteiger partial charge in [0.25, 0.3) is 0 Å². The van der Waals surface area contributed by atoms with E-state index in [-0.39, 0.29) is 5.60 Å². The summed E-state index contributed by atoms with van der Waals surface area (Å²) in [5.74, 6) is 0. The molecule has 1 aromatic rings. The molecule has 1 unspecified atom stereocenters. The molecular weight excluding hydrogens is 242 g/mol. The number of methoxy groups -OCH3 is 1. The molecule has 3 heteroatoms. The zero-order valence-electron chi connectivity index (χ0n) is 12.1. The van der Waals surface area contributed by atoms with Crippen LogP contribution in [0.3, 0.4) is 0 Å². The van der Waals surface area contributed by atoms with Gasteiger partial charge in [-0.2, -0.15) is 0 Å². The number of nitrogens with one attached hydrogen (secondary N) is 1. The zero-order chi connectivity index (χ0) is 13.6. The maximum atomic E-state index is 5.41. The van der Waals surface area contributed by atoms with Gasteiger partial charge in [0, 0.05) is 18.0 Å². The summed E-state index contributed by atoms with van der Waals surface area (Å²) in [5, 5.41) is 3.54. The summed E-state index contributed by atoms with van der Waals surface area (Å²) in [6.45, 7) is 7.40. The molecule has 0 saturated carbocycles. The third-order valence-corrected chi connectivity index (χ3v) is 4.09. The van der Waals surface area contributed by atoms with E-state index < -0.39 is 0 Å². The largest absolute Gasteiger partial charge is 0.379 e. The fourth-order valence-electron chi connectivity index (χ4n) is 1.70. The van der Waals surface area contributed by atoms with E-state index in [1.54, 1.807) is 18.9 Å². The molecule has 0 saturated heterocycles. The lowest BCUT2D eigenvalue weighted by atomic mass is 10.0. The lowest BCUT2D eigenvalue weighted by Gasteiger charge is -2.24. The number of hydrogen-bond donors (Lipinski definition) is 1. The Balaban J connectivity index is 2.42. The molecule has 0 spiro atoms. The Hall–Kier alpha value is -0.510. The van der Waals surface area contributed by atoms with Crippen LogP contribution in [0.1, 0.15) is 38.8 Å². The standard InChI is InChI=1S/C15H25NOS/c1-12(16-11-10-15(2,3)17-4)13-6-8-14(18-5)9-7-13/h6-9,12,16H,10-11H2,1-5H3. The second-order valence-electron chi connectivity index (χ2n) is 5.16. The van der Waals surface area contributed by atoms with E-state index in [1.807, 2.05) is 0 Å². The number of thioether (sulfide) groups is 1. The SMILES string of the molecule is COC(C)(C)CCNC(C)c1ccc(SC)cc1. The molecule has 0 aliphatic carbocycles. The molecule has 1 N–H and O–H groups in total. The van der Waals surface area contributed by atoms with Crippen LogP contribution < -0.4 is 5.32 Å². The average Bonchev–Trinajstić information content (AvgIpc) is 2.38. The van der Waals surface area contributed by atoms with Crippen LogP contribution in [0.5, 0.6) is 0 Å². The van der Waals surface area contributed by atoms with Crippen molar-refractivity contribution in [2.24, 2.45) is 0 Å². The third-order valence-electron chi connectivity index (χ3n) is 3.35. The van der Waals surface area contributed by atoms with E-state index >= 15 is 0 Å². The summed E-state index contributed by atoms with van der Waals surface area (Å²) in [6.07, 6.45) is 3.11. The van der Waals surface area contributed by atoms with Gasteiger partial charge in [0.05, 0.1) is 5.60 Å². The minimum atomic E-state index is -0.0462. The van der Waals surface area contributed by atoms with E-state index in [2.05, 4.69) is 56.6 Å². The molecule has 0 aromatic heterocycles. The summed E-state index contributed by atoms with van der Waals surface area (Å²) in [4.78, 5) is 1.31. The molecule has 0 bridgehead atoms. The first-order valence-corrected chi connectivity index (χ1v) is 7.63. The van der Waals surface area contributed by atoms with Crippen LogP contribution in [0.2, 0.25) is 0 Å². The van der Waals surface area contributed by atoms with Crippen molar-refractivity contribution in [3.05, 3.63) is 29.8 Å². The maximum Gasteiger partial charge on any atom is 0.0634 e. The molecule has 18 heavy (non-hydrogen) atoms. The van der Waals surface area contributed by atoms with Crippen LogP contribution in [0.15, 0.2) is 29.2 Å². The number of hydrogen-bond acceptors (Lipinski definition) is 3. The summed E-state index contributed by atoms with van der Waals surface area (Å²) in [7, 11) is 1.77. The van der Waals surface area contributed by atoms with Crippen molar-refractivity contribution in [3.63, 3.8) is 0 Å². The lowest BCUT2D eigenvalue weighted by Crippen LogP contribution is -2.30. The highest BCUT2D eigenvalue weighted by molar-refractivity contribution is 7.98. The van der Waals surface area contributed by atoms with Gasteiger partial charge in [0.1, 0.15) is 0 Å². The van der Waals surface area contributed by atoms with Crippen LogP contribution in [0.4, 0.5) is 0 Å². The quantitative estimate of drug-likeness (QED) is 0.758. The first-order valence-electron chi connectivity index (χ1n) is 6.41. The molecule has 2 nitrogen and oxygen atoms in total. The average molecular weight is 267 g/mol. The predicted octanol–water partition coefficient (Wildman–Crippen LogP) is 3.87. The van der Waals surface area contributed by atoms with Crippen LogP contribution in [-0.2, 0) is 4.74 Å². The molecule has 0 fully saturated rings. The highest BCUT2D eigenvalue weighted by Crippen LogP contribution is 2.19. The van der Waals surface area contributed by atoms with Gasteiger partial charge in [-0.25, -0.2) is 0 Å². The molecule has 1 aromatic carbocycles. The highest BCUT2D eigenvalue weighted by atomic mass is 32.2.